The molecule has 0 aromatic carbocycles. The van der Waals surface area contributed by atoms with E-state index in [0.29, 0.717) is 0 Å². The van der Waals surface area contributed by atoms with Gasteiger partial charge in [-0.1, -0.05) is 26.2 Å². The minimum absolute atomic E-state index is 0.738. The van der Waals surface area contributed by atoms with Crippen LogP contribution in [0.5, 0.6) is 0 Å². The monoisotopic (exact) mass is 294 g/mol. The number of rotatable bonds is 7. The predicted molar refractivity (Wildman–Crippen MR) is 89.3 cm³/mol. The first-order chi connectivity index (χ1) is 9.79. The van der Waals surface area contributed by atoms with Crippen LogP contribution in [0.15, 0.2) is 16.8 Å². The third kappa shape index (κ3) is 5.19. The summed E-state index contributed by atoms with van der Waals surface area (Å²) in [5.74, 6) is 0.827. The lowest BCUT2D eigenvalue weighted by atomic mass is 9.94. The summed E-state index contributed by atoms with van der Waals surface area (Å²) < 4.78 is 0. The summed E-state index contributed by atoms with van der Waals surface area (Å²) in [5.41, 5.74) is 1.46. The third-order valence-corrected chi connectivity index (χ3v) is 5.13. The molecule has 1 saturated carbocycles. The minimum atomic E-state index is 0.738. The van der Waals surface area contributed by atoms with Crippen molar-refractivity contribution in [1.29, 1.82) is 0 Å². The molecule has 20 heavy (non-hydrogen) atoms. The van der Waals surface area contributed by atoms with Crippen molar-refractivity contribution in [2.24, 2.45) is 5.92 Å². The molecule has 2 atom stereocenters. The van der Waals surface area contributed by atoms with Crippen LogP contribution in [0.2, 0.25) is 0 Å². The quantitative estimate of drug-likeness (QED) is 0.761. The Labute approximate surface area is 128 Å². The fourth-order valence-corrected chi connectivity index (χ4v) is 4.02. The van der Waals surface area contributed by atoms with Crippen molar-refractivity contribution in [3.63, 3.8) is 0 Å². The van der Waals surface area contributed by atoms with Gasteiger partial charge in [0.1, 0.15) is 0 Å². The van der Waals surface area contributed by atoms with Gasteiger partial charge in [-0.15, -0.1) is 0 Å². The molecule has 1 fully saturated rings. The molecule has 1 aromatic rings. The van der Waals surface area contributed by atoms with E-state index in [1.54, 1.807) is 11.3 Å². The van der Waals surface area contributed by atoms with Crippen LogP contribution in [-0.4, -0.2) is 31.1 Å². The fraction of sp³-hybridized carbons (Fsp3) is 0.765. The van der Waals surface area contributed by atoms with Gasteiger partial charge in [-0.2, -0.15) is 11.3 Å². The lowest BCUT2D eigenvalue weighted by Gasteiger charge is -2.30. The van der Waals surface area contributed by atoms with Crippen LogP contribution in [0.25, 0.3) is 0 Å². The highest BCUT2D eigenvalue weighted by molar-refractivity contribution is 7.07. The Morgan fingerprint density at radius 2 is 2.15 bits per heavy atom. The molecule has 1 aromatic heterocycles. The van der Waals surface area contributed by atoms with Crippen LogP contribution < -0.4 is 5.32 Å². The van der Waals surface area contributed by atoms with Crippen LogP contribution in [0, 0.1) is 5.92 Å². The van der Waals surface area contributed by atoms with Gasteiger partial charge >= 0.3 is 0 Å². The third-order valence-electron chi connectivity index (χ3n) is 4.39. The first-order valence-corrected chi connectivity index (χ1v) is 9.17. The second kappa shape index (κ2) is 8.81. The van der Waals surface area contributed by atoms with Crippen LogP contribution in [0.1, 0.15) is 51.0 Å². The normalized spacial score (nSPS) is 23.9. The van der Waals surface area contributed by atoms with E-state index in [-0.39, 0.29) is 0 Å². The van der Waals surface area contributed by atoms with Gasteiger partial charge in [0.25, 0.3) is 0 Å². The van der Waals surface area contributed by atoms with Gasteiger partial charge in [0.2, 0.25) is 0 Å². The first kappa shape index (κ1) is 16.0. The molecule has 2 rings (SSSR count). The van der Waals surface area contributed by atoms with Crippen molar-refractivity contribution < 1.29 is 0 Å². The maximum Gasteiger partial charge on any atom is 0.0239 e. The van der Waals surface area contributed by atoms with E-state index in [2.05, 4.69) is 41.0 Å². The molecule has 2 nitrogen and oxygen atoms in total. The van der Waals surface area contributed by atoms with Gasteiger partial charge in [-0.25, -0.2) is 0 Å². The van der Waals surface area contributed by atoms with E-state index in [1.165, 1.54) is 57.2 Å². The summed E-state index contributed by atoms with van der Waals surface area (Å²) in [5, 5.41) is 8.26. The molecule has 1 aliphatic carbocycles. The van der Waals surface area contributed by atoms with Crippen molar-refractivity contribution in [1.82, 2.24) is 10.2 Å². The molecule has 1 aliphatic rings. The molecule has 2 unspecified atom stereocenters. The van der Waals surface area contributed by atoms with Crippen molar-refractivity contribution in [3.05, 3.63) is 22.4 Å². The standard InChI is InChI=1S/C17H30N2S/c1-3-10-18-17-8-6-4-5-7-16(17)13-19(2)12-15-9-11-20-14-15/h9,11,14,16-18H,3-8,10,12-13H2,1-2H3. The average molecular weight is 295 g/mol. The highest BCUT2D eigenvalue weighted by Gasteiger charge is 2.24. The number of nitrogens with zero attached hydrogens (tertiary/aromatic N) is 1. The molecule has 0 amide bonds. The number of thiophene rings is 1. The smallest absolute Gasteiger partial charge is 0.0239 e. The Kier molecular flexibility index (Phi) is 7.05. The molecule has 0 radical (unpaired) electrons. The maximum atomic E-state index is 3.80. The van der Waals surface area contributed by atoms with Crippen LogP contribution in [-0.2, 0) is 6.54 Å². The summed E-state index contributed by atoms with van der Waals surface area (Å²) >= 11 is 1.80. The summed E-state index contributed by atoms with van der Waals surface area (Å²) in [6.07, 6.45) is 8.27. The Bertz CT molecular complexity index is 350. The van der Waals surface area contributed by atoms with E-state index in [9.17, 15) is 0 Å². The Morgan fingerprint density at radius 3 is 2.90 bits per heavy atom. The Morgan fingerprint density at radius 1 is 1.30 bits per heavy atom. The molecule has 3 heteroatoms. The zero-order valence-electron chi connectivity index (χ0n) is 13.1. The fourth-order valence-electron chi connectivity index (χ4n) is 3.36. The molecule has 0 aliphatic heterocycles. The van der Waals surface area contributed by atoms with Gasteiger partial charge in [0.05, 0.1) is 0 Å². The number of nitrogens with one attached hydrogen (secondary N) is 1. The second-order valence-electron chi connectivity index (χ2n) is 6.29. The molecule has 0 bridgehead atoms. The topological polar surface area (TPSA) is 15.3 Å². The average Bonchev–Trinajstić information content (AvgIpc) is 2.84. The predicted octanol–water partition coefficient (Wildman–Crippen LogP) is 4.13. The van der Waals surface area contributed by atoms with Crippen molar-refractivity contribution in [2.75, 3.05) is 20.1 Å². The lowest BCUT2D eigenvalue weighted by molar-refractivity contribution is 0.219. The second-order valence-corrected chi connectivity index (χ2v) is 7.07. The highest BCUT2D eigenvalue weighted by Crippen LogP contribution is 2.25. The van der Waals surface area contributed by atoms with Gasteiger partial charge in [-0.3, -0.25) is 0 Å². The Balaban J connectivity index is 1.85. The molecular formula is C17H30N2S. The SMILES string of the molecule is CCCNC1CCCCCC1CN(C)Cc1ccsc1. The van der Waals surface area contributed by atoms with E-state index < -0.39 is 0 Å². The van der Waals surface area contributed by atoms with Gasteiger partial charge < -0.3 is 10.2 Å². The first-order valence-electron chi connectivity index (χ1n) is 8.22. The largest absolute Gasteiger partial charge is 0.314 e. The van der Waals surface area contributed by atoms with E-state index in [0.717, 1.165) is 18.5 Å². The minimum Gasteiger partial charge on any atom is -0.314 e. The molecule has 1 N–H and O–H groups in total. The molecule has 1 heterocycles. The molecule has 0 spiro atoms. The molecule has 114 valence electrons. The Hall–Kier alpha value is -0.380. The maximum absolute atomic E-state index is 3.80. The summed E-state index contributed by atoms with van der Waals surface area (Å²) in [6.45, 7) is 5.77. The highest BCUT2D eigenvalue weighted by atomic mass is 32.1. The van der Waals surface area contributed by atoms with Gasteiger partial charge in [-0.05, 0) is 61.2 Å². The van der Waals surface area contributed by atoms with E-state index >= 15 is 0 Å². The molecular weight excluding hydrogens is 264 g/mol. The van der Waals surface area contributed by atoms with Crippen LogP contribution in [0.3, 0.4) is 0 Å². The van der Waals surface area contributed by atoms with E-state index in [4.69, 9.17) is 0 Å². The zero-order chi connectivity index (χ0) is 14.2. The van der Waals surface area contributed by atoms with Crippen molar-refractivity contribution in [2.45, 2.75) is 58.0 Å². The van der Waals surface area contributed by atoms with Crippen molar-refractivity contribution >= 4 is 11.3 Å². The van der Waals surface area contributed by atoms with Crippen LogP contribution >= 0.6 is 11.3 Å². The molecule has 0 saturated heterocycles. The van der Waals surface area contributed by atoms with E-state index in [1.807, 2.05) is 0 Å². The summed E-state index contributed by atoms with van der Waals surface area (Å²) in [7, 11) is 2.28. The summed E-state index contributed by atoms with van der Waals surface area (Å²) in [6, 6.07) is 2.99. The zero-order valence-corrected chi connectivity index (χ0v) is 13.9. The summed E-state index contributed by atoms with van der Waals surface area (Å²) in [4.78, 5) is 2.51. The van der Waals surface area contributed by atoms with Gasteiger partial charge in [0.15, 0.2) is 0 Å². The lowest BCUT2D eigenvalue weighted by Crippen LogP contribution is -2.41. The van der Waals surface area contributed by atoms with Crippen molar-refractivity contribution in [3.8, 4) is 0 Å². The van der Waals surface area contributed by atoms with Gasteiger partial charge in [0, 0.05) is 19.1 Å². The number of hydrogen-bond donors (Lipinski definition) is 1. The van der Waals surface area contributed by atoms with Crippen LogP contribution in [0.4, 0.5) is 0 Å². The number of hydrogen-bond acceptors (Lipinski definition) is 3.